The summed E-state index contributed by atoms with van der Waals surface area (Å²) in [6, 6.07) is 0.122. The minimum Gasteiger partial charge on any atom is -0.367 e. The third-order valence-corrected chi connectivity index (χ3v) is 2.18. The van der Waals surface area contributed by atoms with Crippen molar-refractivity contribution in [1.29, 1.82) is 0 Å². The van der Waals surface area contributed by atoms with E-state index in [-0.39, 0.29) is 6.04 Å². The van der Waals surface area contributed by atoms with E-state index in [1.165, 1.54) is 0 Å². The predicted octanol–water partition coefficient (Wildman–Crippen LogP) is -0.332. The van der Waals surface area contributed by atoms with Crippen molar-refractivity contribution in [2.75, 3.05) is 11.9 Å². The number of fused-ring (bicyclic) bond motifs is 1. The Labute approximate surface area is 86.7 Å². The molecule has 0 aliphatic rings. The highest BCUT2D eigenvalue weighted by Gasteiger charge is 2.04. The number of aromatic nitrogens is 5. The largest absolute Gasteiger partial charge is 0.367 e. The second-order valence-electron chi connectivity index (χ2n) is 3.29. The van der Waals surface area contributed by atoms with Gasteiger partial charge in [-0.05, 0) is 16.8 Å². The van der Waals surface area contributed by atoms with Gasteiger partial charge in [-0.2, -0.15) is 4.52 Å². The van der Waals surface area contributed by atoms with Crippen LogP contribution in [0.3, 0.4) is 0 Å². The number of hydrogen-bond donors (Lipinski definition) is 2. The molecule has 7 heteroatoms. The van der Waals surface area contributed by atoms with Crippen LogP contribution in [0.1, 0.15) is 13.3 Å². The molecule has 0 aromatic carbocycles. The van der Waals surface area contributed by atoms with Gasteiger partial charge in [-0.1, -0.05) is 6.92 Å². The first-order valence-electron chi connectivity index (χ1n) is 4.83. The Morgan fingerprint density at radius 1 is 1.53 bits per heavy atom. The Bertz CT molecular complexity index is 437. The zero-order valence-electron chi connectivity index (χ0n) is 8.46. The van der Waals surface area contributed by atoms with Crippen molar-refractivity contribution < 1.29 is 0 Å². The monoisotopic (exact) mass is 207 g/mol. The molecule has 80 valence electrons. The number of nitrogens with two attached hydrogens (primary N) is 1. The molecule has 0 saturated carbocycles. The van der Waals surface area contributed by atoms with Gasteiger partial charge in [-0.25, -0.2) is 0 Å². The molecule has 2 heterocycles. The molecule has 0 saturated heterocycles. The van der Waals surface area contributed by atoms with Crippen LogP contribution >= 0.6 is 0 Å². The number of anilines is 1. The third-order valence-electron chi connectivity index (χ3n) is 2.18. The van der Waals surface area contributed by atoms with E-state index >= 15 is 0 Å². The maximum Gasteiger partial charge on any atom is 0.199 e. The summed E-state index contributed by atoms with van der Waals surface area (Å²) >= 11 is 0. The summed E-state index contributed by atoms with van der Waals surface area (Å²) in [7, 11) is 0. The molecule has 2 aromatic heterocycles. The highest BCUT2D eigenvalue weighted by Crippen LogP contribution is 2.05. The number of nitrogens with one attached hydrogen (secondary N) is 1. The summed E-state index contributed by atoms with van der Waals surface area (Å²) in [4.78, 5) is 4.02. The van der Waals surface area contributed by atoms with Crippen LogP contribution in [0.15, 0.2) is 12.4 Å². The maximum atomic E-state index is 5.80. The molecule has 3 N–H and O–H groups in total. The Morgan fingerprint density at radius 2 is 2.40 bits per heavy atom. The summed E-state index contributed by atoms with van der Waals surface area (Å²) in [5.74, 6) is 0.751. The van der Waals surface area contributed by atoms with Crippen LogP contribution in [0.2, 0.25) is 0 Å². The van der Waals surface area contributed by atoms with Crippen molar-refractivity contribution in [3.05, 3.63) is 12.4 Å². The van der Waals surface area contributed by atoms with E-state index < -0.39 is 0 Å². The van der Waals surface area contributed by atoms with Crippen LogP contribution in [0, 0.1) is 0 Å². The standard InChI is InChI=1S/C8H13N7/c1-2-6(9)3-11-7-4-10-5-8-12-13-14-15(7)8/h4-6,11H,2-3,9H2,1H3. The number of nitrogens with zero attached hydrogens (tertiary/aromatic N) is 5. The van der Waals surface area contributed by atoms with Gasteiger partial charge in [0.25, 0.3) is 0 Å². The van der Waals surface area contributed by atoms with Crippen molar-refractivity contribution in [1.82, 2.24) is 25.0 Å². The van der Waals surface area contributed by atoms with Gasteiger partial charge in [-0.3, -0.25) is 4.98 Å². The first-order chi connectivity index (χ1) is 7.31. The molecule has 1 unspecified atom stereocenters. The topological polar surface area (TPSA) is 94.0 Å². The molecule has 0 spiro atoms. The summed E-state index contributed by atoms with van der Waals surface area (Å²) in [5.41, 5.74) is 6.41. The molecule has 7 nitrogen and oxygen atoms in total. The zero-order chi connectivity index (χ0) is 10.7. The number of tetrazole rings is 1. The van der Waals surface area contributed by atoms with Crippen LogP contribution in [-0.4, -0.2) is 37.6 Å². The smallest absolute Gasteiger partial charge is 0.199 e. The molecule has 0 fully saturated rings. The highest BCUT2D eigenvalue weighted by atomic mass is 15.5. The Morgan fingerprint density at radius 3 is 3.20 bits per heavy atom. The van der Waals surface area contributed by atoms with Gasteiger partial charge >= 0.3 is 0 Å². The maximum absolute atomic E-state index is 5.80. The first kappa shape index (κ1) is 9.78. The van der Waals surface area contributed by atoms with E-state index in [1.807, 2.05) is 6.92 Å². The lowest BCUT2D eigenvalue weighted by atomic mass is 10.2. The molecule has 0 aliphatic heterocycles. The Balaban J connectivity index is 2.17. The molecule has 2 rings (SSSR count). The van der Waals surface area contributed by atoms with Crippen molar-refractivity contribution in [3.8, 4) is 0 Å². The van der Waals surface area contributed by atoms with Crippen molar-refractivity contribution in [2.24, 2.45) is 5.73 Å². The molecule has 0 bridgehead atoms. The van der Waals surface area contributed by atoms with E-state index in [0.717, 1.165) is 12.2 Å². The first-order valence-corrected chi connectivity index (χ1v) is 4.83. The van der Waals surface area contributed by atoms with E-state index in [0.29, 0.717) is 12.2 Å². The van der Waals surface area contributed by atoms with Gasteiger partial charge < -0.3 is 11.1 Å². The van der Waals surface area contributed by atoms with E-state index in [9.17, 15) is 0 Å². The van der Waals surface area contributed by atoms with Crippen LogP contribution in [0.5, 0.6) is 0 Å². The van der Waals surface area contributed by atoms with Crippen molar-refractivity contribution in [2.45, 2.75) is 19.4 Å². The lowest BCUT2D eigenvalue weighted by molar-refractivity contribution is 0.674. The quantitative estimate of drug-likeness (QED) is 0.712. The molecule has 2 aromatic rings. The average Bonchev–Trinajstić information content (AvgIpc) is 2.74. The van der Waals surface area contributed by atoms with Crippen LogP contribution in [-0.2, 0) is 0 Å². The molecule has 0 aliphatic carbocycles. The molecule has 15 heavy (non-hydrogen) atoms. The van der Waals surface area contributed by atoms with E-state index in [4.69, 9.17) is 5.73 Å². The normalized spacial score (nSPS) is 12.9. The second kappa shape index (κ2) is 4.18. The van der Waals surface area contributed by atoms with Crippen molar-refractivity contribution in [3.63, 3.8) is 0 Å². The lowest BCUT2D eigenvalue weighted by Gasteiger charge is -2.11. The third kappa shape index (κ3) is 2.01. The minimum absolute atomic E-state index is 0.122. The number of rotatable bonds is 4. The Hall–Kier alpha value is -1.76. The second-order valence-corrected chi connectivity index (χ2v) is 3.29. The van der Waals surface area contributed by atoms with Gasteiger partial charge in [0.2, 0.25) is 0 Å². The van der Waals surface area contributed by atoms with Gasteiger partial charge in [0.1, 0.15) is 5.82 Å². The number of hydrogen-bond acceptors (Lipinski definition) is 6. The van der Waals surface area contributed by atoms with Crippen LogP contribution in [0.25, 0.3) is 5.65 Å². The SMILES string of the molecule is CCC(N)CNc1cncc2nnnn12. The van der Waals surface area contributed by atoms with E-state index in [1.54, 1.807) is 16.9 Å². The van der Waals surface area contributed by atoms with Gasteiger partial charge in [0.05, 0.1) is 12.4 Å². The summed E-state index contributed by atoms with van der Waals surface area (Å²) in [6.07, 6.45) is 4.20. The Kier molecular flexibility index (Phi) is 2.72. The summed E-state index contributed by atoms with van der Waals surface area (Å²) in [6.45, 7) is 2.72. The molecule has 1 atom stereocenters. The fraction of sp³-hybridized carbons (Fsp3) is 0.500. The van der Waals surface area contributed by atoms with Crippen LogP contribution in [0.4, 0.5) is 5.82 Å². The molecular formula is C8H13N7. The fourth-order valence-electron chi connectivity index (χ4n) is 1.18. The predicted molar refractivity (Wildman–Crippen MR) is 55.3 cm³/mol. The lowest BCUT2D eigenvalue weighted by Crippen LogP contribution is -2.28. The molecular weight excluding hydrogens is 194 g/mol. The van der Waals surface area contributed by atoms with Crippen molar-refractivity contribution >= 4 is 11.5 Å². The zero-order valence-corrected chi connectivity index (χ0v) is 8.46. The van der Waals surface area contributed by atoms with E-state index in [2.05, 4.69) is 25.8 Å². The van der Waals surface area contributed by atoms with Gasteiger partial charge in [-0.15, -0.1) is 5.10 Å². The van der Waals surface area contributed by atoms with Gasteiger partial charge in [0, 0.05) is 12.6 Å². The minimum atomic E-state index is 0.122. The average molecular weight is 207 g/mol. The molecule has 0 amide bonds. The van der Waals surface area contributed by atoms with Gasteiger partial charge in [0.15, 0.2) is 5.65 Å². The fourth-order valence-corrected chi connectivity index (χ4v) is 1.18. The molecule has 0 radical (unpaired) electrons. The highest BCUT2D eigenvalue weighted by molar-refractivity contribution is 5.43. The summed E-state index contributed by atoms with van der Waals surface area (Å²) in [5, 5.41) is 14.3. The summed E-state index contributed by atoms with van der Waals surface area (Å²) < 4.78 is 1.59. The van der Waals surface area contributed by atoms with Crippen LogP contribution < -0.4 is 11.1 Å².